The summed E-state index contributed by atoms with van der Waals surface area (Å²) in [5, 5.41) is 11.6. The number of esters is 1. The van der Waals surface area contributed by atoms with Crippen LogP contribution in [-0.2, 0) is 14.3 Å². The van der Waals surface area contributed by atoms with E-state index < -0.39 is 29.5 Å². The van der Waals surface area contributed by atoms with Crippen molar-refractivity contribution < 1.29 is 33.7 Å². The number of ether oxygens (including phenoxy) is 3. The first-order chi connectivity index (χ1) is 14.1. The van der Waals surface area contributed by atoms with Gasteiger partial charge in [0.05, 0.1) is 30.4 Å². The number of nitrogens with one attached hydrogen (secondary N) is 1. The van der Waals surface area contributed by atoms with Crippen molar-refractivity contribution in [2.24, 2.45) is 0 Å². The van der Waals surface area contributed by atoms with Gasteiger partial charge < -0.3 is 24.6 Å². The second-order valence-corrected chi connectivity index (χ2v) is 7.29. The number of carbonyl (C=O) groups excluding carboxylic acids is 2. The largest absolute Gasteiger partial charge is 0.478 e. The number of carbonyl (C=O) groups is 3. The van der Waals surface area contributed by atoms with Gasteiger partial charge in [0.2, 0.25) is 5.88 Å². The van der Waals surface area contributed by atoms with E-state index in [4.69, 9.17) is 19.3 Å². The Morgan fingerprint density at radius 3 is 2.43 bits per heavy atom. The lowest BCUT2D eigenvalue weighted by molar-refractivity contribution is -0.146. The number of aromatic carboxylic acids is 1. The molecule has 1 heterocycles. The molecule has 0 saturated heterocycles. The molecule has 160 valence electrons. The molecule has 1 unspecified atom stereocenters. The Kier molecular flexibility index (Phi) is 7.48. The van der Waals surface area contributed by atoms with Crippen molar-refractivity contribution in [3.63, 3.8) is 0 Å². The van der Waals surface area contributed by atoms with Gasteiger partial charge in [0, 0.05) is 12.3 Å². The molecule has 1 aromatic heterocycles. The molecule has 9 nitrogen and oxygen atoms in total. The van der Waals surface area contributed by atoms with E-state index in [1.165, 1.54) is 37.6 Å². The number of carboxylic acids is 1. The molecule has 0 saturated carbocycles. The first kappa shape index (κ1) is 22.8. The Morgan fingerprint density at radius 2 is 1.87 bits per heavy atom. The van der Waals surface area contributed by atoms with Gasteiger partial charge in [0.15, 0.2) is 6.04 Å². The Labute approximate surface area is 174 Å². The maximum Gasteiger partial charge on any atom is 0.335 e. The molecule has 2 N–H and O–H groups in total. The zero-order valence-corrected chi connectivity index (χ0v) is 17.2. The number of methoxy groups -OCH3 is 1. The summed E-state index contributed by atoms with van der Waals surface area (Å²) in [6.07, 6.45) is 1.28. The fourth-order valence-electron chi connectivity index (χ4n) is 2.27. The summed E-state index contributed by atoms with van der Waals surface area (Å²) in [5.41, 5.74) is -0.212. The third kappa shape index (κ3) is 6.85. The zero-order chi connectivity index (χ0) is 22.3. The molecule has 1 amide bonds. The molecule has 0 aliphatic carbocycles. The zero-order valence-electron chi connectivity index (χ0n) is 17.2. The molecule has 0 radical (unpaired) electrons. The Balaban J connectivity index is 2.05. The third-order valence-corrected chi connectivity index (χ3v) is 3.78. The van der Waals surface area contributed by atoms with Crippen molar-refractivity contribution in [2.45, 2.75) is 32.4 Å². The number of carboxylic acid groups (broad SMARTS) is 1. The fraction of sp³-hybridized carbons (Fsp3) is 0.333. The molecule has 30 heavy (non-hydrogen) atoms. The average molecular weight is 416 g/mol. The van der Waals surface area contributed by atoms with Crippen molar-refractivity contribution in [1.82, 2.24) is 10.3 Å². The monoisotopic (exact) mass is 416 g/mol. The SMILES string of the molecule is COC(=O)C(COC(C)(C)C)NC(=O)c1ccc(Oc2cccc(C(=O)O)c2)nc1. The molecule has 2 aromatic rings. The molecular weight excluding hydrogens is 392 g/mol. The van der Waals surface area contributed by atoms with E-state index in [-0.39, 0.29) is 23.6 Å². The predicted molar refractivity (Wildman–Crippen MR) is 107 cm³/mol. The van der Waals surface area contributed by atoms with Crippen LogP contribution in [0.4, 0.5) is 0 Å². The summed E-state index contributed by atoms with van der Waals surface area (Å²) in [6.45, 7) is 5.45. The van der Waals surface area contributed by atoms with E-state index >= 15 is 0 Å². The molecule has 0 spiro atoms. The van der Waals surface area contributed by atoms with Gasteiger partial charge in [0.1, 0.15) is 5.75 Å². The van der Waals surface area contributed by atoms with Crippen molar-refractivity contribution >= 4 is 17.8 Å². The normalized spacial score (nSPS) is 12.0. The molecule has 9 heteroatoms. The van der Waals surface area contributed by atoms with Crippen molar-refractivity contribution in [3.05, 3.63) is 53.7 Å². The quantitative estimate of drug-likeness (QED) is 0.630. The van der Waals surface area contributed by atoms with Gasteiger partial charge in [-0.3, -0.25) is 4.79 Å². The third-order valence-electron chi connectivity index (χ3n) is 3.78. The lowest BCUT2D eigenvalue weighted by atomic mass is 10.2. The number of amides is 1. The van der Waals surface area contributed by atoms with E-state index in [2.05, 4.69) is 10.3 Å². The van der Waals surface area contributed by atoms with Crippen LogP contribution in [-0.4, -0.2) is 53.3 Å². The topological polar surface area (TPSA) is 124 Å². The minimum Gasteiger partial charge on any atom is -0.478 e. The smallest absolute Gasteiger partial charge is 0.335 e. The van der Waals surface area contributed by atoms with Crippen LogP contribution in [0, 0.1) is 0 Å². The molecule has 1 atom stereocenters. The van der Waals surface area contributed by atoms with Gasteiger partial charge in [-0.15, -0.1) is 0 Å². The van der Waals surface area contributed by atoms with Crippen LogP contribution in [0.1, 0.15) is 41.5 Å². The standard InChI is InChI=1S/C21H24N2O7/c1-21(2,3)29-12-16(20(27)28-4)23-18(24)14-8-9-17(22-11-14)30-15-7-5-6-13(10-15)19(25)26/h5-11,16H,12H2,1-4H3,(H,23,24)(H,25,26). The van der Waals surface area contributed by atoms with Gasteiger partial charge in [0.25, 0.3) is 5.91 Å². The maximum atomic E-state index is 12.5. The van der Waals surface area contributed by atoms with Crippen molar-refractivity contribution in [2.75, 3.05) is 13.7 Å². The first-order valence-electron chi connectivity index (χ1n) is 9.09. The summed E-state index contributed by atoms with van der Waals surface area (Å²) < 4.78 is 15.8. The number of aromatic nitrogens is 1. The second kappa shape index (κ2) is 9.84. The van der Waals surface area contributed by atoms with Crippen LogP contribution in [0.25, 0.3) is 0 Å². The summed E-state index contributed by atoms with van der Waals surface area (Å²) in [7, 11) is 1.23. The molecule has 0 fully saturated rings. The number of benzene rings is 1. The van der Waals surface area contributed by atoms with Crippen LogP contribution >= 0.6 is 0 Å². The summed E-state index contributed by atoms with van der Waals surface area (Å²) >= 11 is 0. The van der Waals surface area contributed by atoms with Gasteiger partial charge in [-0.25, -0.2) is 14.6 Å². The number of nitrogens with zero attached hydrogens (tertiary/aromatic N) is 1. The Bertz CT molecular complexity index is 904. The number of rotatable bonds is 8. The van der Waals surface area contributed by atoms with Crippen molar-refractivity contribution in [1.29, 1.82) is 0 Å². The van der Waals surface area contributed by atoms with Gasteiger partial charge >= 0.3 is 11.9 Å². The molecule has 1 aromatic carbocycles. The van der Waals surface area contributed by atoms with Crippen LogP contribution in [0.3, 0.4) is 0 Å². The highest BCUT2D eigenvalue weighted by molar-refractivity contribution is 5.96. The summed E-state index contributed by atoms with van der Waals surface area (Å²) in [6, 6.07) is 7.89. The van der Waals surface area contributed by atoms with Gasteiger partial charge in [-0.1, -0.05) is 6.07 Å². The highest BCUT2D eigenvalue weighted by atomic mass is 16.5. The fourth-order valence-corrected chi connectivity index (χ4v) is 2.27. The van der Waals surface area contributed by atoms with E-state index in [1.807, 2.05) is 20.8 Å². The van der Waals surface area contributed by atoms with Gasteiger partial charge in [-0.05, 0) is 45.0 Å². The van der Waals surface area contributed by atoms with E-state index in [9.17, 15) is 14.4 Å². The van der Waals surface area contributed by atoms with Crippen molar-refractivity contribution in [3.8, 4) is 11.6 Å². The summed E-state index contributed by atoms with van der Waals surface area (Å²) in [5.74, 6) is -1.76. The van der Waals surface area contributed by atoms with Crippen LogP contribution in [0.5, 0.6) is 11.6 Å². The molecule has 0 bridgehead atoms. The van der Waals surface area contributed by atoms with Crippen LogP contribution < -0.4 is 10.1 Å². The second-order valence-electron chi connectivity index (χ2n) is 7.29. The number of hydrogen-bond donors (Lipinski definition) is 2. The van der Waals surface area contributed by atoms with E-state index in [1.54, 1.807) is 12.1 Å². The van der Waals surface area contributed by atoms with E-state index in [0.29, 0.717) is 5.75 Å². The molecular formula is C21H24N2O7. The molecule has 0 aliphatic heterocycles. The Morgan fingerprint density at radius 1 is 1.13 bits per heavy atom. The highest BCUT2D eigenvalue weighted by Gasteiger charge is 2.25. The number of pyridine rings is 1. The summed E-state index contributed by atoms with van der Waals surface area (Å²) in [4.78, 5) is 39.5. The Hall–Kier alpha value is -3.46. The molecule has 2 rings (SSSR count). The minimum atomic E-state index is -1.07. The van der Waals surface area contributed by atoms with E-state index in [0.717, 1.165) is 0 Å². The average Bonchev–Trinajstić information content (AvgIpc) is 2.70. The maximum absolute atomic E-state index is 12.5. The minimum absolute atomic E-state index is 0.0452. The van der Waals surface area contributed by atoms with Crippen LogP contribution in [0.15, 0.2) is 42.6 Å². The lowest BCUT2D eigenvalue weighted by Gasteiger charge is -2.23. The first-order valence-corrected chi connectivity index (χ1v) is 9.09. The van der Waals surface area contributed by atoms with Crippen LogP contribution in [0.2, 0.25) is 0 Å². The molecule has 0 aliphatic rings. The number of hydrogen-bond acceptors (Lipinski definition) is 7. The highest BCUT2D eigenvalue weighted by Crippen LogP contribution is 2.20. The lowest BCUT2D eigenvalue weighted by Crippen LogP contribution is -2.46. The van der Waals surface area contributed by atoms with Gasteiger partial charge in [-0.2, -0.15) is 0 Å². The predicted octanol–water partition coefficient (Wildman–Crippen LogP) is 2.66.